The van der Waals surface area contributed by atoms with Gasteiger partial charge in [0.2, 0.25) is 5.95 Å². The summed E-state index contributed by atoms with van der Waals surface area (Å²) >= 11 is 0. The quantitative estimate of drug-likeness (QED) is 0.558. The van der Waals surface area contributed by atoms with Gasteiger partial charge in [-0.2, -0.15) is 0 Å². The molecule has 0 saturated carbocycles. The summed E-state index contributed by atoms with van der Waals surface area (Å²) in [7, 11) is 0. The first kappa shape index (κ1) is 19.5. The summed E-state index contributed by atoms with van der Waals surface area (Å²) in [6.45, 7) is 1.22. The molecule has 0 atom stereocenters. The van der Waals surface area contributed by atoms with Crippen LogP contribution in [0.5, 0.6) is 0 Å². The average Bonchev–Trinajstić information content (AvgIpc) is 2.74. The van der Waals surface area contributed by atoms with Crippen molar-refractivity contribution in [2.24, 2.45) is 0 Å². The van der Waals surface area contributed by atoms with Crippen molar-refractivity contribution in [2.45, 2.75) is 19.3 Å². The minimum atomic E-state index is -0.265. The molecule has 0 fully saturated rings. The number of rotatable bonds is 9. The summed E-state index contributed by atoms with van der Waals surface area (Å²) in [6.07, 6.45) is 5.62. The molecule has 0 aliphatic rings. The zero-order valence-corrected chi connectivity index (χ0v) is 15.6. The number of amides is 1. The highest BCUT2D eigenvalue weighted by atomic mass is 19.1. The fourth-order valence-electron chi connectivity index (χ4n) is 2.75. The van der Waals surface area contributed by atoms with Crippen molar-refractivity contribution in [3.63, 3.8) is 0 Å². The van der Waals surface area contributed by atoms with Crippen molar-refractivity contribution in [1.82, 2.24) is 15.3 Å². The highest BCUT2D eigenvalue weighted by Gasteiger charge is 2.07. The smallest absolute Gasteiger partial charge is 0.254 e. The number of anilines is 1. The second-order valence-electron chi connectivity index (χ2n) is 6.44. The molecule has 28 heavy (non-hydrogen) atoms. The monoisotopic (exact) mass is 378 g/mol. The van der Waals surface area contributed by atoms with Crippen LogP contribution in [0.3, 0.4) is 0 Å². The van der Waals surface area contributed by atoms with Crippen LogP contribution in [-0.4, -0.2) is 29.0 Å². The molecule has 144 valence electrons. The van der Waals surface area contributed by atoms with Crippen LogP contribution >= 0.6 is 0 Å². The van der Waals surface area contributed by atoms with E-state index in [0.717, 1.165) is 24.9 Å². The summed E-state index contributed by atoms with van der Waals surface area (Å²) < 4.78 is 12.9. The number of carbonyl (C=O) groups is 1. The Morgan fingerprint density at radius 2 is 1.54 bits per heavy atom. The molecule has 6 heteroatoms. The van der Waals surface area contributed by atoms with E-state index in [1.54, 1.807) is 12.1 Å². The molecule has 2 aromatic carbocycles. The van der Waals surface area contributed by atoms with Gasteiger partial charge in [-0.15, -0.1) is 0 Å². The van der Waals surface area contributed by atoms with Gasteiger partial charge >= 0.3 is 0 Å². The van der Waals surface area contributed by atoms with Crippen LogP contribution in [0.1, 0.15) is 27.9 Å². The third kappa shape index (κ3) is 6.16. The van der Waals surface area contributed by atoms with E-state index in [9.17, 15) is 9.18 Å². The van der Waals surface area contributed by atoms with E-state index >= 15 is 0 Å². The normalized spacial score (nSPS) is 10.5. The Kier molecular flexibility index (Phi) is 7.07. The second-order valence-corrected chi connectivity index (χ2v) is 6.44. The Morgan fingerprint density at radius 3 is 2.25 bits per heavy atom. The lowest BCUT2D eigenvalue weighted by molar-refractivity contribution is 0.0953. The molecule has 1 amide bonds. The van der Waals surface area contributed by atoms with Crippen LogP contribution in [-0.2, 0) is 12.8 Å². The number of carbonyl (C=O) groups excluding carboxylic acids is 1. The van der Waals surface area contributed by atoms with Gasteiger partial charge in [0.1, 0.15) is 5.82 Å². The van der Waals surface area contributed by atoms with E-state index in [2.05, 4.69) is 32.7 Å². The van der Waals surface area contributed by atoms with Gasteiger partial charge in [-0.1, -0.05) is 42.5 Å². The zero-order valence-electron chi connectivity index (χ0n) is 15.6. The van der Waals surface area contributed by atoms with E-state index in [0.29, 0.717) is 24.5 Å². The third-order valence-corrected chi connectivity index (χ3v) is 4.29. The van der Waals surface area contributed by atoms with E-state index in [1.807, 2.05) is 18.2 Å². The highest BCUT2D eigenvalue weighted by Crippen LogP contribution is 2.05. The number of hydrogen-bond acceptors (Lipinski definition) is 4. The first-order valence-electron chi connectivity index (χ1n) is 9.33. The molecular weight excluding hydrogens is 355 g/mol. The molecule has 2 N–H and O–H groups in total. The largest absolute Gasteiger partial charge is 0.354 e. The maximum Gasteiger partial charge on any atom is 0.254 e. The molecule has 0 aliphatic carbocycles. The van der Waals surface area contributed by atoms with Gasteiger partial charge in [0.25, 0.3) is 5.91 Å². The molecule has 0 spiro atoms. The lowest BCUT2D eigenvalue weighted by Gasteiger charge is -2.07. The molecule has 1 heterocycles. The Morgan fingerprint density at radius 1 is 0.857 bits per heavy atom. The van der Waals surface area contributed by atoms with Gasteiger partial charge < -0.3 is 10.6 Å². The lowest BCUT2D eigenvalue weighted by atomic mass is 10.1. The SMILES string of the molecule is O=C(NCCc1ccc(F)cc1)c1cnc(NCCCc2ccccc2)nc1. The molecule has 0 aliphatic heterocycles. The molecule has 0 bridgehead atoms. The second kappa shape index (κ2) is 10.2. The summed E-state index contributed by atoms with van der Waals surface area (Å²) in [5.41, 5.74) is 2.68. The van der Waals surface area contributed by atoms with Crippen molar-refractivity contribution in [1.29, 1.82) is 0 Å². The van der Waals surface area contributed by atoms with Crippen LogP contribution < -0.4 is 10.6 Å². The maximum absolute atomic E-state index is 12.9. The fraction of sp³-hybridized carbons (Fsp3) is 0.227. The molecule has 0 radical (unpaired) electrons. The topological polar surface area (TPSA) is 66.9 Å². The molecular formula is C22H23FN4O. The van der Waals surface area contributed by atoms with Crippen LogP contribution in [0.2, 0.25) is 0 Å². The van der Waals surface area contributed by atoms with Gasteiger partial charge in [-0.3, -0.25) is 4.79 Å². The number of halogens is 1. The Hall–Kier alpha value is -3.28. The van der Waals surface area contributed by atoms with Gasteiger partial charge in [-0.25, -0.2) is 14.4 Å². The van der Waals surface area contributed by atoms with Gasteiger partial charge in [-0.05, 0) is 42.5 Å². The third-order valence-electron chi connectivity index (χ3n) is 4.29. The molecule has 3 rings (SSSR count). The first-order chi connectivity index (χ1) is 13.7. The van der Waals surface area contributed by atoms with E-state index in [1.165, 1.54) is 30.1 Å². The van der Waals surface area contributed by atoms with Crippen molar-refractivity contribution >= 4 is 11.9 Å². The van der Waals surface area contributed by atoms with Gasteiger partial charge in [0.15, 0.2) is 0 Å². The molecule has 3 aromatic rings. The summed E-state index contributed by atoms with van der Waals surface area (Å²) in [6, 6.07) is 16.6. The van der Waals surface area contributed by atoms with Gasteiger partial charge in [0, 0.05) is 25.5 Å². The number of nitrogens with zero attached hydrogens (tertiary/aromatic N) is 2. The fourth-order valence-corrected chi connectivity index (χ4v) is 2.75. The van der Waals surface area contributed by atoms with Crippen molar-refractivity contribution < 1.29 is 9.18 Å². The lowest BCUT2D eigenvalue weighted by Crippen LogP contribution is -2.26. The standard InChI is InChI=1S/C22H23FN4O/c23-20-10-8-18(9-11-20)12-14-24-21(28)19-15-26-22(27-16-19)25-13-4-7-17-5-2-1-3-6-17/h1-3,5-6,8-11,15-16H,4,7,12-14H2,(H,24,28)(H,25,26,27). The van der Waals surface area contributed by atoms with Crippen LogP contribution in [0.4, 0.5) is 10.3 Å². The van der Waals surface area contributed by atoms with Crippen molar-refractivity contribution in [3.05, 3.63) is 89.5 Å². The maximum atomic E-state index is 12.9. The average molecular weight is 378 g/mol. The number of aromatic nitrogens is 2. The summed E-state index contributed by atoms with van der Waals surface area (Å²) in [4.78, 5) is 20.5. The Labute approximate surface area is 164 Å². The molecule has 5 nitrogen and oxygen atoms in total. The van der Waals surface area contributed by atoms with E-state index < -0.39 is 0 Å². The minimum absolute atomic E-state index is 0.224. The number of aryl methyl sites for hydroxylation is 1. The highest BCUT2D eigenvalue weighted by molar-refractivity contribution is 5.93. The predicted molar refractivity (Wildman–Crippen MR) is 108 cm³/mol. The number of hydrogen-bond donors (Lipinski definition) is 2. The first-order valence-corrected chi connectivity index (χ1v) is 9.33. The predicted octanol–water partition coefficient (Wildman–Crippen LogP) is 3.63. The zero-order chi connectivity index (χ0) is 19.6. The number of nitrogens with one attached hydrogen (secondary N) is 2. The molecule has 1 aromatic heterocycles. The summed E-state index contributed by atoms with van der Waals surface area (Å²) in [5, 5.41) is 5.98. The van der Waals surface area contributed by atoms with Crippen molar-refractivity contribution in [3.8, 4) is 0 Å². The van der Waals surface area contributed by atoms with E-state index in [-0.39, 0.29) is 11.7 Å². The van der Waals surface area contributed by atoms with E-state index in [4.69, 9.17) is 0 Å². The minimum Gasteiger partial charge on any atom is -0.354 e. The molecule has 0 unspecified atom stereocenters. The van der Waals surface area contributed by atoms with Crippen LogP contribution in [0.15, 0.2) is 67.0 Å². The number of benzene rings is 2. The van der Waals surface area contributed by atoms with Crippen LogP contribution in [0, 0.1) is 5.82 Å². The Balaban J connectivity index is 1.38. The van der Waals surface area contributed by atoms with Crippen molar-refractivity contribution in [2.75, 3.05) is 18.4 Å². The molecule has 0 saturated heterocycles. The summed E-state index contributed by atoms with van der Waals surface area (Å²) in [5.74, 6) is 0.0207. The van der Waals surface area contributed by atoms with Crippen LogP contribution in [0.25, 0.3) is 0 Å². The van der Waals surface area contributed by atoms with Gasteiger partial charge in [0.05, 0.1) is 5.56 Å². The Bertz CT molecular complexity index is 867.